The minimum absolute atomic E-state index is 0.186. The van der Waals surface area contributed by atoms with Crippen LogP contribution in [0.1, 0.15) is 23.8 Å². The maximum Gasteiger partial charge on any atom is 0.0935 e. The Balaban J connectivity index is 2.33. The summed E-state index contributed by atoms with van der Waals surface area (Å²) in [5.41, 5.74) is 1.03. The van der Waals surface area contributed by atoms with Gasteiger partial charge in [0.1, 0.15) is 0 Å². The van der Waals surface area contributed by atoms with Crippen LogP contribution in [-0.2, 0) is 16.8 Å². The lowest BCUT2D eigenvalue weighted by molar-refractivity contribution is -0.0595. The standard InChI is InChI=1S/C10H14O2S/c1-10(4-5-11)8-3-7-13-9(8)2-6-12-10/h3,7,11H,2,4-6H2,1H3/t10-/m0/s1. The van der Waals surface area contributed by atoms with E-state index in [1.807, 2.05) is 0 Å². The highest BCUT2D eigenvalue weighted by Crippen LogP contribution is 2.37. The summed E-state index contributed by atoms with van der Waals surface area (Å²) >= 11 is 1.79. The largest absolute Gasteiger partial charge is 0.396 e. The molecule has 2 rings (SSSR count). The summed E-state index contributed by atoms with van der Waals surface area (Å²) in [6.45, 7) is 3.03. The Labute approximate surface area is 82.2 Å². The third-order valence-corrected chi connectivity index (χ3v) is 3.63. The first-order valence-electron chi connectivity index (χ1n) is 4.58. The van der Waals surface area contributed by atoms with Gasteiger partial charge in [0, 0.05) is 24.3 Å². The van der Waals surface area contributed by atoms with Crippen LogP contribution in [0, 0.1) is 0 Å². The first-order valence-corrected chi connectivity index (χ1v) is 5.46. The minimum Gasteiger partial charge on any atom is -0.396 e. The molecule has 0 saturated heterocycles. The summed E-state index contributed by atoms with van der Waals surface area (Å²) < 4.78 is 5.74. The van der Waals surface area contributed by atoms with Crippen LogP contribution in [0.4, 0.5) is 0 Å². The van der Waals surface area contributed by atoms with Gasteiger partial charge in [-0.15, -0.1) is 11.3 Å². The highest BCUT2D eigenvalue weighted by molar-refractivity contribution is 7.10. The van der Waals surface area contributed by atoms with Crippen LogP contribution >= 0.6 is 11.3 Å². The number of thiophene rings is 1. The Hall–Kier alpha value is -0.380. The SMILES string of the molecule is C[C@@]1(CCO)OCCc2sccc21. The van der Waals surface area contributed by atoms with Crippen LogP contribution in [0.2, 0.25) is 0 Å². The number of aliphatic hydroxyl groups excluding tert-OH is 1. The molecule has 0 unspecified atom stereocenters. The van der Waals surface area contributed by atoms with E-state index in [0.29, 0.717) is 6.42 Å². The maximum absolute atomic E-state index is 8.97. The minimum atomic E-state index is -0.248. The molecule has 1 aromatic rings. The molecule has 0 saturated carbocycles. The lowest BCUT2D eigenvalue weighted by Gasteiger charge is -2.33. The monoisotopic (exact) mass is 198 g/mol. The summed E-state index contributed by atoms with van der Waals surface area (Å²) in [4.78, 5) is 1.42. The molecule has 0 bridgehead atoms. The summed E-state index contributed by atoms with van der Waals surface area (Å²) in [5.74, 6) is 0. The van der Waals surface area contributed by atoms with Gasteiger partial charge in [0.25, 0.3) is 0 Å². The van der Waals surface area contributed by atoms with Gasteiger partial charge in [-0.05, 0) is 23.9 Å². The van der Waals surface area contributed by atoms with Gasteiger partial charge in [0.05, 0.1) is 12.2 Å². The Morgan fingerprint density at radius 2 is 2.54 bits per heavy atom. The zero-order chi connectivity index (χ0) is 9.31. The molecular weight excluding hydrogens is 184 g/mol. The molecule has 0 amide bonds. The van der Waals surface area contributed by atoms with Crippen LogP contribution in [0.15, 0.2) is 11.4 Å². The molecule has 1 aromatic heterocycles. The fraction of sp³-hybridized carbons (Fsp3) is 0.600. The third-order valence-electron chi connectivity index (χ3n) is 2.65. The second kappa shape index (κ2) is 3.40. The second-order valence-corrected chi connectivity index (χ2v) is 4.56. The van der Waals surface area contributed by atoms with Crippen molar-refractivity contribution in [2.45, 2.75) is 25.4 Å². The molecule has 0 aliphatic carbocycles. The smallest absolute Gasteiger partial charge is 0.0935 e. The number of hydrogen-bond acceptors (Lipinski definition) is 3. The van der Waals surface area contributed by atoms with E-state index in [1.165, 1.54) is 10.4 Å². The number of ether oxygens (including phenoxy) is 1. The van der Waals surface area contributed by atoms with Gasteiger partial charge >= 0.3 is 0 Å². The van der Waals surface area contributed by atoms with Crippen molar-refractivity contribution in [1.29, 1.82) is 0 Å². The van der Waals surface area contributed by atoms with Crippen LogP contribution in [0.5, 0.6) is 0 Å². The first-order chi connectivity index (χ1) is 6.26. The summed E-state index contributed by atoms with van der Waals surface area (Å²) in [6, 6.07) is 2.12. The van der Waals surface area contributed by atoms with Gasteiger partial charge in [0.15, 0.2) is 0 Å². The van der Waals surface area contributed by atoms with Crippen molar-refractivity contribution < 1.29 is 9.84 Å². The lowest BCUT2D eigenvalue weighted by Crippen LogP contribution is -2.32. The topological polar surface area (TPSA) is 29.5 Å². The molecule has 1 atom stereocenters. The predicted octanol–water partition coefficient (Wildman–Crippen LogP) is 1.92. The molecule has 0 aromatic carbocycles. The van der Waals surface area contributed by atoms with E-state index in [-0.39, 0.29) is 12.2 Å². The average molecular weight is 198 g/mol. The quantitative estimate of drug-likeness (QED) is 0.786. The summed E-state index contributed by atoms with van der Waals surface area (Å²) in [5, 5.41) is 11.1. The van der Waals surface area contributed by atoms with Crippen molar-refractivity contribution in [3.8, 4) is 0 Å². The van der Waals surface area contributed by atoms with Crippen molar-refractivity contribution in [2.24, 2.45) is 0 Å². The van der Waals surface area contributed by atoms with Crippen molar-refractivity contribution in [3.05, 3.63) is 21.9 Å². The van der Waals surface area contributed by atoms with Crippen LogP contribution in [0.3, 0.4) is 0 Å². The zero-order valence-electron chi connectivity index (χ0n) is 7.75. The fourth-order valence-corrected chi connectivity index (χ4v) is 2.85. The first kappa shape index (κ1) is 9.19. The average Bonchev–Trinajstić information content (AvgIpc) is 2.54. The van der Waals surface area contributed by atoms with Crippen molar-refractivity contribution >= 4 is 11.3 Å². The van der Waals surface area contributed by atoms with Crippen LogP contribution in [-0.4, -0.2) is 18.3 Å². The van der Waals surface area contributed by atoms with Gasteiger partial charge in [-0.25, -0.2) is 0 Å². The molecule has 1 N–H and O–H groups in total. The van der Waals surface area contributed by atoms with Crippen molar-refractivity contribution in [2.75, 3.05) is 13.2 Å². The van der Waals surface area contributed by atoms with Crippen molar-refractivity contribution in [3.63, 3.8) is 0 Å². The number of rotatable bonds is 2. The van der Waals surface area contributed by atoms with E-state index in [4.69, 9.17) is 9.84 Å². The third kappa shape index (κ3) is 1.52. The molecule has 0 spiro atoms. The molecule has 1 aliphatic heterocycles. The molecule has 2 nitrogen and oxygen atoms in total. The lowest BCUT2D eigenvalue weighted by atomic mass is 9.90. The fourth-order valence-electron chi connectivity index (χ4n) is 1.87. The predicted molar refractivity (Wildman–Crippen MR) is 53.0 cm³/mol. The molecule has 1 aliphatic rings. The zero-order valence-corrected chi connectivity index (χ0v) is 8.56. The molecule has 72 valence electrons. The molecular formula is C10H14O2S. The Morgan fingerprint density at radius 3 is 3.31 bits per heavy atom. The van der Waals surface area contributed by atoms with Crippen LogP contribution < -0.4 is 0 Å². The van der Waals surface area contributed by atoms with Gasteiger partial charge in [0.2, 0.25) is 0 Å². The molecule has 2 heterocycles. The van der Waals surface area contributed by atoms with E-state index in [0.717, 1.165) is 13.0 Å². The van der Waals surface area contributed by atoms with Crippen LogP contribution in [0.25, 0.3) is 0 Å². The summed E-state index contributed by atoms with van der Waals surface area (Å²) in [6.07, 6.45) is 1.71. The molecule has 13 heavy (non-hydrogen) atoms. The van der Waals surface area contributed by atoms with E-state index < -0.39 is 0 Å². The Kier molecular flexibility index (Phi) is 2.41. The normalized spacial score (nSPS) is 27.2. The van der Waals surface area contributed by atoms with E-state index >= 15 is 0 Å². The molecule has 3 heteroatoms. The maximum atomic E-state index is 8.97. The number of hydrogen-bond donors (Lipinski definition) is 1. The Morgan fingerprint density at radius 1 is 1.69 bits per heavy atom. The number of fused-ring (bicyclic) bond motifs is 1. The van der Waals surface area contributed by atoms with E-state index in [1.54, 1.807) is 11.3 Å². The number of aliphatic hydroxyl groups is 1. The highest BCUT2D eigenvalue weighted by Gasteiger charge is 2.33. The highest BCUT2D eigenvalue weighted by atomic mass is 32.1. The summed E-state index contributed by atoms with van der Waals surface area (Å²) in [7, 11) is 0. The second-order valence-electron chi connectivity index (χ2n) is 3.56. The van der Waals surface area contributed by atoms with Gasteiger partial charge in [-0.1, -0.05) is 0 Å². The van der Waals surface area contributed by atoms with Gasteiger partial charge < -0.3 is 9.84 Å². The van der Waals surface area contributed by atoms with Gasteiger partial charge in [-0.2, -0.15) is 0 Å². The van der Waals surface area contributed by atoms with Crippen molar-refractivity contribution in [1.82, 2.24) is 0 Å². The Bertz CT molecular complexity index is 295. The van der Waals surface area contributed by atoms with E-state index in [9.17, 15) is 0 Å². The van der Waals surface area contributed by atoms with Gasteiger partial charge in [-0.3, -0.25) is 0 Å². The molecule has 0 radical (unpaired) electrons. The molecule has 0 fully saturated rings. The van der Waals surface area contributed by atoms with E-state index in [2.05, 4.69) is 18.4 Å².